The van der Waals surface area contributed by atoms with Crippen LogP contribution in [0.3, 0.4) is 0 Å². The summed E-state index contributed by atoms with van der Waals surface area (Å²) in [7, 11) is 0. The summed E-state index contributed by atoms with van der Waals surface area (Å²) in [4.78, 5) is 49.7. The number of para-hydroxylation sites is 3. The van der Waals surface area contributed by atoms with E-state index in [0.29, 0.717) is 46.7 Å². The molecule has 6 rings (SSSR count). The summed E-state index contributed by atoms with van der Waals surface area (Å²) in [6.07, 6.45) is 1.68. The van der Waals surface area contributed by atoms with Gasteiger partial charge in [-0.2, -0.15) is 0 Å². The van der Waals surface area contributed by atoms with E-state index in [2.05, 4.69) is 15.3 Å². The molecule has 5 aromatic carbocycles. The molecule has 0 unspecified atom stereocenters. The zero-order valence-corrected chi connectivity index (χ0v) is 26.6. The number of ketones is 1. The molecule has 1 atom stereocenters. The molecule has 0 bridgehead atoms. The van der Waals surface area contributed by atoms with Gasteiger partial charge in [0.1, 0.15) is 24.1 Å². The Hall–Kier alpha value is -6.35. The van der Waals surface area contributed by atoms with Crippen molar-refractivity contribution in [3.63, 3.8) is 0 Å². The van der Waals surface area contributed by atoms with Crippen molar-refractivity contribution in [2.24, 2.45) is 0 Å². The van der Waals surface area contributed by atoms with Crippen molar-refractivity contribution in [3.05, 3.63) is 168 Å². The molecule has 0 radical (unpaired) electrons. The highest BCUT2D eigenvalue weighted by Crippen LogP contribution is 2.22. The molecule has 2 N–H and O–H groups in total. The number of anilines is 1. The first-order valence-corrected chi connectivity index (χ1v) is 15.9. The lowest BCUT2D eigenvalue weighted by atomic mass is 10.00. The maximum atomic E-state index is 13.6. The van der Waals surface area contributed by atoms with Gasteiger partial charge in [0.05, 0.1) is 23.8 Å². The molecule has 0 aliphatic carbocycles. The molecule has 0 saturated heterocycles. The number of rotatable bonds is 14. The van der Waals surface area contributed by atoms with Crippen LogP contribution in [-0.2, 0) is 17.8 Å². The van der Waals surface area contributed by atoms with Gasteiger partial charge in [0, 0.05) is 29.8 Å². The minimum Gasteiger partial charge on any atom is -0.492 e. The van der Waals surface area contributed by atoms with E-state index in [1.807, 2.05) is 72.8 Å². The molecule has 0 aliphatic rings. The highest BCUT2D eigenvalue weighted by molar-refractivity contribution is 6.12. The van der Waals surface area contributed by atoms with E-state index in [0.717, 1.165) is 11.1 Å². The van der Waals surface area contributed by atoms with Gasteiger partial charge in [-0.15, -0.1) is 0 Å². The van der Waals surface area contributed by atoms with Gasteiger partial charge >= 0.3 is 5.97 Å². The standard InChI is InChI=1S/C40H34N4O5/c45-38(30-13-5-2-6-14-30)32-15-7-8-16-33(32)42-36(40(47)48)25-28-19-21-31(22-20-28)49-24-23-44(27-29-11-3-1-4-12-29)39(46)37-26-41-34-17-9-10-18-35(34)43-37/h1-22,26,36,42H,23-25,27H2,(H,47,48)/t36-/m0/s1. The van der Waals surface area contributed by atoms with Crippen LogP contribution >= 0.6 is 0 Å². The van der Waals surface area contributed by atoms with Crippen molar-refractivity contribution < 1.29 is 24.2 Å². The van der Waals surface area contributed by atoms with Crippen LogP contribution in [0.4, 0.5) is 5.69 Å². The second-order valence-corrected chi connectivity index (χ2v) is 11.4. The van der Waals surface area contributed by atoms with Crippen molar-refractivity contribution in [1.29, 1.82) is 0 Å². The molecule has 0 fully saturated rings. The summed E-state index contributed by atoms with van der Waals surface area (Å²) in [5.74, 6) is -0.898. The summed E-state index contributed by atoms with van der Waals surface area (Å²) in [6, 6.07) is 39.1. The van der Waals surface area contributed by atoms with E-state index in [1.165, 1.54) is 6.20 Å². The van der Waals surface area contributed by atoms with Crippen LogP contribution in [0.2, 0.25) is 0 Å². The van der Waals surface area contributed by atoms with Crippen LogP contribution in [-0.4, -0.2) is 56.8 Å². The molecule has 1 amide bonds. The monoisotopic (exact) mass is 650 g/mol. The molecular formula is C40H34N4O5. The normalized spacial score (nSPS) is 11.4. The Labute approximate surface area is 283 Å². The number of carboxylic acids is 1. The third-order valence-corrected chi connectivity index (χ3v) is 8.00. The Kier molecular flexibility index (Phi) is 10.3. The summed E-state index contributed by atoms with van der Waals surface area (Å²) in [5, 5.41) is 13.1. The van der Waals surface area contributed by atoms with Gasteiger partial charge in [-0.25, -0.2) is 9.78 Å². The van der Waals surface area contributed by atoms with E-state index < -0.39 is 12.0 Å². The molecule has 49 heavy (non-hydrogen) atoms. The Morgan fingerprint density at radius 1 is 0.735 bits per heavy atom. The SMILES string of the molecule is O=C(c1ccccc1)c1ccccc1N[C@@H](Cc1ccc(OCCN(Cc2ccccc2)C(=O)c2cnc3ccccc3n2)cc1)C(=O)O. The van der Waals surface area contributed by atoms with Crippen LogP contribution in [0.15, 0.2) is 140 Å². The smallest absolute Gasteiger partial charge is 0.326 e. The van der Waals surface area contributed by atoms with Crippen LogP contribution < -0.4 is 10.1 Å². The molecule has 244 valence electrons. The summed E-state index contributed by atoms with van der Waals surface area (Å²) in [5.41, 5.74) is 4.74. The Bertz CT molecular complexity index is 2050. The number of fused-ring (bicyclic) bond motifs is 1. The largest absolute Gasteiger partial charge is 0.492 e. The second-order valence-electron chi connectivity index (χ2n) is 11.4. The molecule has 9 heteroatoms. The fraction of sp³-hybridized carbons (Fsp3) is 0.125. The van der Waals surface area contributed by atoms with E-state index in [1.54, 1.807) is 65.6 Å². The maximum absolute atomic E-state index is 13.6. The summed E-state index contributed by atoms with van der Waals surface area (Å²) < 4.78 is 6.02. The number of benzene rings is 5. The summed E-state index contributed by atoms with van der Waals surface area (Å²) in [6.45, 7) is 0.903. The number of aliphatic carboxylic acids is 1. The Balaban J connectivity index is 1.10. The average Bonchev–Trinajstić information content (AvgIpc) is 3.15. The van der Waals surface area contributed by atoms with Gasteiger partial charge in [-0.3, -0.25) is 14.6 Å². The van der Waals surface area contributed by atoms with Crippen molar-refractivity contribution in [3.8, 4) is 5.75 Å². The number of aromatic nitrogens is 2. The van der Waals surface area contributed by atoms with Crippen LogP contribution in [0.5, 0.6) is 5.75 Å². The molecule has 9 nitrogen and oxygen atoms in total. The topological polar surface area (TPSA) is 122 Å². The molecule has 0 aliphatic heterocycles. The van der Waals surface area contributed by atoms with Gasteiger partial charge in [0.25, 0.3) is 5.91 Å². The molecule has 6 aromatic rings. The lowest BCUT2D eigenvalue weighted by Crippen LogP contribution is -2.34. The third-order valence-electron chi connectivity index (χ3n) is 8.00. The first-order valence-electron chi connectivity index (χ1n) is 15.9. The first-order chi connectivity index (χ1) is 23.9. The predicted octanol–water partition coefficient (Wildman–Crippen LogP) is 6.69. The number of hydrogen-bond acceptors (Lipinski definition) is 7. The Morgan fingerprint density at radius 3 is 2.12 bits per heavy atom. The zero-order valence-electron chi connectivity index (χ0n) is 26.6. The minimum atomic E-state index is -1.04. The third kappa shape index (κ3) is 8.33. The number of hydrogen-bond donors (Lipinski definition) is 2. The van der Waals surface area contributed by atoms with E-state index in [-0.39, 0.29) is 30.4 Å². The minimum absolute atomic E-state index is 0.176. The van der Waals surface area contributed by atoms with Gasteiger partial charge in [0.2, 0.25) is 0 Å². The number of carboxylic acid groups (broad SMARTS) is 1. The van der Waals surface area contributed by atoms with Crippen LogP contribution in [0.1, 0.15) is 37.5 Å². The van der Waals surface area contributed by atoms with E-state index in [4.69, 9.17) is 4.74 Å². The van der Waals surface area contributed by atoms with Gasteiger partial charge in [0.15, 0.2) is 5.78 Å². The highest BCUT2D eigenvalue weighted by atomic mass is 16.5. The number of ether oxygens (including phenoxy) is 1. The number of nitrogens with zero attached hydrogens (tertiary/aromatic N) is 3. The van der Waals surface area contributed by atoms with Crippen LogP contribution in [0.25, 0.3) is 11.0 Å². The van der Waals surface area contributed by atoms with Crippen LogP contribution in [0, 0.1) is 0 Å². The quantitative estimate of drug-likeness (QED) is 0.125. The van der Waals surface area contributed by atoms with Crippen molar-refractivity contribution in [2.45, 2.75) is 19.0 Å². The van der Waals surface area contributed by atoms with Crippen molar-refractivity contribution >= 4 is 34.4 Å². The van der Waals surface area contributed by atoms with E-state index >= 15 is 0 Å². The van der Waals surface area contributed by atoms with Crippen molar-refractivity contribution in [2.75, 3.05) is 18.5 Å². The van der Waals surface area contributed by atoms with Crippen molar-refractivity contribution in [1.82, 2.24) is 14.9 Å². The molecule has 1 heterocycles. The van der Waals surface area contributed by atoms with E-state index in [9.17, 15) is 19.5 Å². The zero-order chi connectivity index (χ0) is 34.0. The maximum Gasteiger partial charge on any atom is 0.326 e. The lowest BCUT2D eigenvalue weighted by Gasteiger charge is -2.23. The fourth-order valence-corrected chi connectivity index (χ4v) is 5.45. The summed E-state index contributed by atoms with van der Waals surface area (Å²) >= 11 is 0. The first kappa shape index (κ1) is 32.6. The molecular weight excluding hydrogens is 616 g/mol. The predicted molar refractivity (Wildman–Crippen MR) is 188 cm³/mol. The fourth-order valence-electron chi connectivity index (χ4n) is 5.45. The number of nitrogens with one attached hydrogen (secondary N) is 1. The van der Waals surface area contributed by atoms with Gasteiger partial charge in [-0.1, -0.05) is 97.1 Å². The van der Waals surface area contributed by atoms with Gasteiger partial charge in [-0.05, 0) is 47.5 Å². The number of carbonyl (C=O) groups excluding carboxylic acids is 2. The highest BCUT2D eigenvalue weighted by Gasteiger charge is 2.22. The Morgan fingerprint density at radius 2 is 1.39 bits per heavy atom. The number of amides is 1. The molecule has 1 aromatic heterocycles. The molecule has 0 spiro atoms. The average molecular weight is 651 g/mol. The van der Waals surface area contributed by atoms with Gasteiger partial charge < -0.3 is 20.1 Å². The molecule has 0 saturated carbocycles. The lowest BCUT2D eigenvalue weighted by molar-refractivity contribution is -0.137. The second kappa shape index (κ2) is 15.5. The number of carbonyl (C=O) groups is 3.